The zero-order chi connectivity index (χ0) is 19.0. The molecule has 2 heterocycles. The third-order valence-electron chi connectivity index (χ3n) is 4.99. The Balaban J connectivity index is 2.03. The molecule has 26 heavy (non-hydrogen) atoms. The van der Waals surface area contributed by atoms with E-state index in [1.165, 1.54) is 11.1 Å². The monoisotopic (exact) mass is 356 g/mol. The molecule has 1 aromatic rings. The normalized spacial score (nSPS) is 21.9. The van der Waals surface area contributed by atoms with Crippen LogP contribution in [0.25, 0.3) is 5.70 Å². The predicted molar refractivity (Wildman–Crippen MR) is 103 cm³/mol. The molecule has 1 N–H and O–H groups in total. The van der Waals surface area contributed by atoms with Gasteiger partial charge in [0.15, 0.2) is 0 Å². The number of rotatable bonds is 4. The lowest BCUT2D eigenvalue weighted by atomic mass is 9.94. The summed E-state index contributed by atoms with van der Waals surface area (Å²) in [5.74, 6) is 0.687. The van der Waals surface area contributed by atoms with Crippen molar-refractivity contribution < 1.29 is 14.3 Å². The lowest BCUT2D eigenvalue weighted by Gasteiger charge is -2.31. The van der Waals surface area contributed by atoms with Gasteiger partial charge in [-0.05, 0) is 59.5 Å². The third kappa shape index (κ3) is 3.23. The van der Waals surface area contributed by atoms with Crippen LogP contribution < -0.4 is 10.1 Å². The highest BCUT2D eigenvalue weighted by Crippen LogP contribution is 2.39. The van der Waals surface area contributed by atoms with Gasteiger partial charge in [-0.25, -0.2) is 4.79 Å². The van der Waals surface area contributed by atoms with Crippen molar-refractivity contribution in [3.63, 3.8) is 0 Å². The Morgan fingerprint density at radius 1 is 1.35 bits per heavy atom. The van der Waals surface area contributed by atoms with Crippen LogP contribution in [-0.4, -0.2) is 43.7 Å². The first-order valence-electron chi connectivity index (χ1n) is 9.16. The molecule has 2 aliphatic rings. The van der Waals surface area contributed by atoms with Gasteiger partial charge < -0.3 is 14.8 Å². The minimum absolute atomic E-state index is 0.152. The molecule has 0 bridgehead atoms. The van der Waals surface area contributed by atoms with E-state index in [1.54, 1.807) is 0 Å². The Bertz CT molecular complexity index is 793. The molecule has 1 aromatic carbocycles. The first-order valence-corrected chi connectivity index (χ1v) is 9.16. The molecule has 2 atom stereocenters. The van der Waals surface area contributed by atoms with Gasteiger partial charge in [0, 0.05) is 28.9 Å². The van der Waals surface area contributed by atoms with E-state index in [0.717, 1.165) is 29.1 Å². The molecular formula is C21H28N2O3. The van der Waals surface area contributed by atoms with Crippen LogP contribution in [0.1, 0.15) is 37.5 Å². The van der Waals surface area contributed by atoms with Gasteiger partial charge in [0.2, 0.25) is 0 Å². The highest BCUT2D eigenvalue weighted by molar-refractivity contribution is 5.93. The summed E-state index contributed by atoms with van der Waals surface area (Å²) in [5.41, 5.74) is 6.02. The second kappa shape index (κ2) is 7.16. The summed E-state index contributed by atoms with van der Waals surface area (Å²) in [6.45, 7) is 8.33. The van der Waals surface area contributed by atoms with Crippen LogP contribution in [0, 0.1) is 6.92 Å². The van der Waals surface area contributed by atoms with Gasteiger partial charge >= 0.3 is 5.97 Å². The van der Waals surface area contributed by atoms with E-state index in [9.17, 15) is 4.79 Å². The third-order valence-corrected chi connectivity index (χ3v) is 4.99. The molecule has 0 aromatic heterocycles. The van der Waals surface area contributed by atoms with E-state index in [2.05, 4.69) is 37.4 Å². The minimum Gasteiger partial charge on any atom is -0.489 e. The Morgan fingerprint density at radius 2 is 2.08 bits per heavy atom. The second-order valence-electron chi connectivity index (χ2n) is 7.24. The van der Waals surface area contributed by atoms with Crippen molar-refractivity contribution in [1.29, 1.82) is 0 Å². The summed E-state index contributed by atoms with van der Waals surface area (Å²) in [7, 11) is 3.93. The van der Waals surface area contributed by atoms with Gasteiger partial charge in [0.25, 0.3) is 0 Å². The molecule has 0 spiro atoms. The summed E-state index contributed by atoms with van der Waals surface area (Å²) < 4.78 is 11.4. The van der Waals surface area contributed by atoms with E-state index < -0.39 is 0 Å². The zero-order valence-corrected chi connectivity index (χ0v) is 16.5. The summed E-state index contributed by atoms with van der Waals surface area (Å²) in [5, 5.41) is 3.40. The molecule has 5 heteroatoms. The first kappa shape index (κ1) is 18.5. The number of carbonyl (C=O) groups is 1. The Labute approximate surface area is 155 Å². The molecule has 0 amide bonds. The fourth-order valence-electron chi connectivity index (χ4n) is 3.68. The largest absolute Gasteiger partial charge is 0.489 e. The maximum Gasteiger partial charge on any atom is 0.337 e. The number of nitrogens with zero attached hydrogens (tertiary/aromatic N) is 1. The molecule has 0 saturated carbocycles. The standard InChI is InChI=1S/C21H28N2O3/c1-7-25-21(24)19-14(4)22-17(11-18(19)23(5)6)15-9-8-12(2)16-10-13(3)26-20(15)16/h8-9,11,13,18,22H,7,10H2,1-6H3. The number of hydrogen-bond donors (Lipinski definition) is 1. The van der Waals surface area contributed by atoms with Gasteiger partial charge in [-0.3, -0.25) is 4.90 Å². The zero-order valence-electron chi connectivity index (χ0n) is 16.5. The van der Waals surface area contributed by atoms with E-state index in [-0.39, 0.29) is 18.1 Å². The average molecular weight is 356 g/mol. The maximum absolute atomic E-state index is 12.4. The van der Waals surface area contributed by atoms with Crippen molar-refractivity contribution in [3.8, 4) is 5.75 Å². The number of nitrogens with one attached hydrogen (secondary N) is 1. The summed E-state index contributed by atoms with van der Waals surface area (Å²) in [4.78, 5) is 14.5. The Kier molecular flexibility index (Phi) is 5.10. The molecule has 5 nitrogen and oxygen atoms in total. The van der Waals surface area contributed by atoms with E-state index >= 15 is 0 Å². The predicted octanol–water partition coefficient (Wildman–Crippen LogP) is 3.03. The van der Waals surface area contributed by atoms with Gasteiger partial charge in [-0.15, -0.1) is 0 Å². The average Bonchev–Trinajstić information content (AvgIpc) is 2.96. The summed E-state index contributed by atoms with van der Waals surface area (Å²) >= 11 is 0. The quantitative estimate of drug-likeness (QED) is 0.841. The highest BCUT2D eigenvalue weighted by atomic mass is 16.5. The molecule has 3 rings (SSSR count). The van der Waals surface area contributed by atoms with E-state index in [4.69, 9.17) is 9.47 Å². The molecule has 0 radical (unpaired) electrons. The molecule has 0 saturated heterocycles. The minimum atomic E-state index is -0.273. The van der Waals surface area contributed by atoms with Gasteiger partial charge in [-0.2, -0.15) is 0 Å². The van der Waals surface area contributed by atoms with Crippen molar-refractivity contribution in [2.45, 2.75) is 46.3 Å². The topological polar surface area (TPSA) is 50.8 Å². The molecular weight excluding hydrogens is 328 g/mol. The maximum atomic E-state index is 12.4. The number of allylic oxidation sites excluding steroid dienone is 1. The lowest BCUT2D eigenvalue weighted by Crippen LogP contribution is -2.38. The first-order chi connectivity index (χ1) is 12.3. The number of dihydropyridines is 1. The van der Waals surface area contributed by atoms with Crippen molar-refractivity contribution in [3.05, 3.63) is 46.2 Å². The Hall–Kier alpha value is -2.27. The number of hydrogen-bond acceptors (Lipinski definition) is 5. The lowest BCUT2D eigenvalue weighted by molar-refractivity contribution is -0.139. The van der Waals surface area contributed by atoms with Gasteiger partial charge in [-0.1, -0.05) is 6.07 Å². The van der Waals surface area contributed by atoms with Gasteiger partial charge in [0.05, 0.1) is 18.2 Å². The number of esters is 1. The summed E-state index contributed by atoms with van der Waals surface area (Å²) in [6.07, 6.45) is 3.20. The Morgan fingerprint density at radius 3 is 2.73 bits per heavy atom. The van der Waals surface area contributed by atoms with Crippen LogP contribution in [0.4, 0.5) is 0 Å². The van der Waals surface area contributed by atoms with Crippen molar-refractivity contribution >= 4 is 11.7 Å². The van der Waals surface area contributed by atoms with Crippen molar-refractivity contribution in [2.24, 2.45) is 0 Å². The van der Waals surface area contributed by atoms with Crippen LogP contribution in [0.2, 0.25) is 0 Å². The SMILES string of the molecule is CCOC(=O)C1=C(C)NC(c2ccc(C)c3c2OC(C)C3)=CC1N(C)C. The van der Waals surface area contributed by atoms with E-state index in [0.29, 0.717) is 12.2 Å². The van der Waals surface area contributed by atoms with Crippen LogP contribution in [0.15, 0.2) is 29.5 Å². The number of fused-ring (bicyclic) bond motifs is 1. The van der Waals surface area contributed by atoms with Crippen LogP contribution >= 0.6 is 0 Å². The number of ether oxygens (including phenoxy) is 2. The van der Waals surface area contributed by atoms with Crippen molar-refractivity contribution in [2.75, 3.05) is 20.7 Å². The fraction of sp³-hybridized carbons (Fsp3) is 0.476. The number of benzene rings is 1. The molecule has 2 unspecified atom stereocenters. The van der Waals surface area contributed by atoms with Gasteiger partial charge in [0.1, 0.15) is 11.9 Å². The van der Waals surface area contributed by atoms with Crippen LogP contribution in [0.3, 0.4) is 0 Å². The number of carbonyl (C=O) groups excluding carboxylic acids is 1. The fourth-order valence-corrected chi connectivity index (χ4v) is 3.68. The smallest absolute Gasteiger partial charge is 0.337 e. The number of aryl methyl sites for hydroxylation is 1. The van der Waals surface area contributed by atoms with Crippen molar-refractivity contribution in [1.82, 2.24) is 10.2 Å². The number of likely N-dealkylation sites (N-methyl/N-ethyl adjacent to an activating group) is 1. The second-order valence-corrected chi connectivity index (χ2v) is 7.24. The van der Waals surface area contributed by atoms with E-state index in [1.807, 2.05) is 32.8 Å². The summed E-state index contributed by atoms with van der Waals surface area (Å²) in [6, 6.07) is 4.09. The molecule has 0 aliphatic carbocycles. The highest BCUT2D eigenvalue weighted by Gasteiger charge is 2.32. The van der Waals surface area contributed by atoms with Crippen LogP contribution in [-0.2, 0) is 16.0 Å². The molecule has 140 valence electrons. The molecule has 0 fully saturated rings. The molecule has 2 aliphatic heterocycles. The van der Waals surface area contributed by atoms with Crippen LogP contribution in [0.5, 0.6) is 5.75 Å².